The molecule has 4 aliphatic rings. The van der Waals surface area contributed by atoms with Gasteiger partial charge >= 0.3 is 65.1 Å². The second kappa shape index (κ2) is 22.3. The standard InChI is InChI=1S/C45H32N10O13S2.2Na/c56-31-9-13-35(37(58)21-31)52-48-27-3-1-5-29(19-27)50-54-41-39(69(63,64)65)17-23-15-25(7-11-33(23)43(41)60)46-45(62)47-26-8-12-34-24(16-26)18-40(70(66,67)68)42(44(34)61)55-51-30-6-2-4-28(20-30)49-53-36-14-10-32(57)22-38(36)59;;/h1-22,48-51,58-59H,(H2,46,47,62)(H,63,64,65)(H,66,67,68);;/q;2*+1/p-2. The first-order valence-corrected chi connectivity index (χ1v) is 22.8. The van der Waals surface area contributed by atoms with E-state index in [0.29, 0.717) is 11.4 Å². The van der Waals surface area contributed by atoms with E-state index in [1.165, 1.54) is 85.0 Å². The van der Waals surface area contributed by atoms with Crippen LogP contribution in [0, 0.1) is 0 Å². The molecule has 0 bridgehead atoms. The van der Waals surface area contributed by atoms with E-state index in [0.717, 1.165) is 24.3 Å². The number of allylic oxidation sites excluding steroid dienone is 8. The Bertz CT molecular complexity index is 3350. The summed E-state index contributed by atoms with van der Waals surface area (Å²) in [6.07, 6.45) is 8.53. The molecule has 0 aliphatic heterocycles. The summed E-state index contributed by atoms with van der Waals surface area (Å²) >= 11 is 0. The predicted octanol–water partition coefficient (Wildman–Crippen LogP) is -2.57. The van der Waals surface area contributed by atoms with Gasteiger partial charge in [-0.1, -0.05) is 23.7 Å². The molecule has 8 rings (SSSR count). The van der Waals surface area contributed by atoms with Crippen LogP contribution in [0.1, 0.15) is 31.8 Å². The van der Waals surface area contributed by atoms with Crippen LogP contribution in [0.25, 0.3) is 12.2 Å². The number of rotatable bonds is 12. The summed E-state index contributed by atoms with van der Waals surface area (Å²) in [6, 6.07) is 19.0. The molecule has 72 heavy (non-hydrogen) atoms. The minimum absolute atomic E-state index is 0. The molecule has 352 valence electrons. The van der Waals surface area contributed by atoms with Crippen molar-refractivity contribution in [3.05, 3.63) is 165 Å². The molecule has 0 heterocycles. The second-order valence-corrected chi connectivity index (χ2v) is 17.6. The number of hydrogen-bond acceptors (Lipinski definition) is 19. The van der Waals surface area contributed by atoms with Gasteiger partial charge in [-0.15, -0.1) is 0 Å². The smallest absolute Gasteiger partial charge is 0.871 e. The summed E-state index contributed by atoms with van der Waals surface area (Å²) in [5.74, 6) is -3.98. The monoisotopic (exact) mass is 1030 g/mol. The van der Waals surface area contributed by atoms with Gasteiger partial charge < -0.3 is 20.8 Å². The van der Waals surface area contributed by atoms with Crippen LogP contribution < -0.4 is 102 Å². The summed E-state index contributed by atoms with van der Waals surface area (Å²) in [7, 11) is -10.1. The van der Waals surface area contributed by atoms with E-state index in [4.69, 9.17) is 0 Å². The maximum atomic E-state index is 13.6. The van der Waals surface area contributed by atoms with Crippen LogP contribution in [0.15, 0.2) is 163 Å². The zero-order valence-corrected chi connectivity index (χ0v) is 42.8. The van der Waals surface area contributed by atoms with Crippen LogP contribution in [0.3, 0.4) is 0 Å². The summed E-state index contributed by atoms with van der Waals surface area (Å²) in [6.45, 7) is 0. The Hall–Kier alpha value is -7.43. The molecule has 0 saturated heterocycles. The molecule has 0 saturated carbocycles. The molecular weight excluding hydrogens is 999 g/mol. The van der Waals surface area contributed by atoms with E-state index in [9.17, 15) is 60.1 Å². The van der Waals surface area contributed by atoms with E-state index in [-0.39, 0.29) is 116 Å². The average Bonchev–Trinajstić information content (AvgIpc) is 3.30. The molecule has 0 aromatic heterocycles. The fraction of sp³-hybridized carbons (Fsp3) is 0. The Balaban J connectivity index is 0.00000423. The van der Waals surface area contributed by atoms with Gasteiger partial charge in [-0.25, -0.2) is 4.79 Å². The quantitative estimate of drug-likeness (QED) is 0.0313. The van der Waals surface area contributed by atoms with Gasteiger partial charge in [-0.3, -0.25) is 50.0 Å². The number of nitrogens with zero attached hydrogens (tertiary/aromatic N) is 4. The first kappa shape index (κ1) is 53.9. The van der Waals surface area contributed by atoms with Gasteiger partial charge in [0.1, 0.15) is 9.81 Å². The molecule has 27 heteroatoms. The van der Waals surface area contributed by atoms with Crippen LogP contribution in [0.4, 0.5) is 38.9 Å². The van der Waals surface area contributed by atoms with Gasteiger partial charge in [0.05, 0.1) is 34.2 Å². The Labute approximate surface area is 451 Å². The number of nitrogens with one attached hydrogen (secondary N) is 6. The molecule has 8 N–H and O–H groups in total. The molecule has 0 atom stereocenters. The van der Waals surface area contributed by atoms with Crippen LogP contribution in [-0.2, 0) is 29.8 Å². The molecule has 0 unspecified atom stereocenters. The fourth-order valence-electron chi connectivity index (χ4n) is 6.71. The minimum atomic E-state index is -5.07. The Kier molecular flexibility index (Phi) is 16.7. The normalized spacial score (nSPS) is 17.4. The summed E-state index contributed by atoms with van der Waals surface area (Å²) in [5.41, 5.74) is 10.1. The van der Waals surface area contributed by atoms with Gasteiger partial charge in [0.25, 0.3) is 20.2 Å². The van der Waals surface area contributed by atoms with E-state index in [1.807, 2.05) is 0 Å². The third-order valence-electron chi connectivity index (χ3n) is 9.93. The van der Waals surface area contributed by atoms with E-state index < -0.39 is 82.2 Å². The predicted molar refractivity (Wildman–Crippen MR) is 255 cm³/mol. The van der Waals surface area contributed by atoms with E-state index >= 15 is 0 Å². The number of urea groups is 1. The Morgan fingerprint density at radius 1 is 0.472 bits per heavy atom. The first-order chi connectivity index (χ1) is 33.3. The number of Topliss-reactive ketones (excluding diaryl/α,β-unsaturated/α-hetero) is 2. The summed E-state index contributed by atoms with van der Waals surface area (Å²) in [5, 5.41) is 44.9. The topological polar surface area (TPSA) is 362 Å². The van der Waals surface area contributed by atoms with Crippen molar-refractivity contribution in [3.8, 4) is 0 Å². The maximum Gasteiger partial charge on any atom is 1.00 e. The van der Waals surface area contributed by atoms with Crippen LogP contribution >= 0.6 is 0 Å². The van der Waals surface area contributed by atoms with Crippen molar-refractivity contribution >= 4 is 119 Å². The van der Waals surface area contributed by atoms with Crippen LogP contribution in [0.2, 0.25) is 0 Å². The number of fused-ring (bicyclic) bond motifs is 2. The average molecular weight is 1030 g/mol. The zero-order chi connectivity index (χ0) is 49.9. The Morgan fingerprint density at radius 3 is 1.18 bits per heavy atom. The van der Waals surface area contributed by atoms with Gasteiger partial charge in [0.15, 0.2) is 23.0 Å². The number of hydrazone groups is 4. The Morgan fingerprint density at radius 2 is 0.833 bits per heavy atom. The number of carbonyl (C=O) groups excluding carboxylic acids is 5. The van der Waals surface area contributed by atoms with Gasteiger partial charge in [0.2, 0.25) is 11.6 Å². The van der Waals surface area contributed by atoms with Crippen molar-refractivity contribution in [1.82, 2.24) is 0 Å². The second-order valence-electron chi connectivity index (χ2n) is 14.8. The van der Waals surface area contributed by atoms with Crippen molar-refractivity contribution in [3.63, 3.8) is 0 Å². The fourth-order valence-corrected chi connectivity index (χ4v) is 8.03. The molecule has 23 nitrogen and oxygen atoms in total. The van der Waals surface area contributed by atoms with Crippen molar-refractivity contribution in [2.45, 2.75) is 0 Å². The summed E-state index contributed by atoms with van der Waals surface area (Å²) < 4.78 is 70.3. The maximum absolute atomic E-state index is 13.6. The van der Waals surface area contributed by atoms with Crippen molar-refractivity contribution in [2.24, 2.45) is 20.4 Å². The molecule has 4 aromatic carbocycles. The SMILES string of the molecule is O=C1C=CC(=NNc2cccc(NN=C3C(=O)c4ccc(NC(=O)Nc5ccc6c(c5)C=C(S(=O)(=O)O)C(=NNc5cccc(NN=C7C=CC(=O)C=C7[O-])c5)C6=O)cc4C=C3S(=O)(=O)O)c2)C([O-])=C1.[Na+].[Na+]. The molecule has 0 fully saturated rings. The molecular formula is C45H30N10Na2O13S2. The van der Waals surface area contributed by atoms with Crippen molar-refractivity contribution < 1.29 is 119 Å². The third-order valence-corrected chi connectivity index (χ3v) is 11.7. The van der Waals surface area contributed by atoms with Crippen molar-refractivity contribution in [1.29, 1.82) is 0 Å². The number of benzene rings is 4. The molecule has 4 aromatic rings. The molecule has 2 amide bonds. The zero-order valence-electron chi connectivity index (χ0n) is 37.2. The van der Waals surface area contributed by atoms with Crippen LogP contribution in [0.5, 0.6) is 0 Å². The van der Waals surface area contributed by atoms with Crippen molar-refractivity contribution in [2.75, 3.05) is 32.3 Å². The number of hydrogen-bond donors (Lipinski definition) is 8. The largest absolute Gasteiger partial charge is 1.00 e. The third kappa shape index (κ3) is 12.7. The number of anilines is 6. The van der Waals surface area contributed by atoms with Gasteiger partial charge in [-0.2, -0.15) is 37.2 Å². The summed E-state index contributed by atoms with van der Waals surface area (Å²) in [4.78, 5) is 61.4. The molecule has 0 radical (unpaired) electrons. The van der Waals surface area contributed by atoms with E-state index in [2.05, 4.69) is 52.7 Å². The number of carbonyl (C=O) groups is 5. The molecule has 0 spiro atoms. The van der Waals surface area contributed by atoms with Crippen LogP contribution in [-0.4, -0.2) is 78.0 Å². The number of amides is 2. The molecule has 4 aliphatic carbocycles. The minimum Gasteiger partial charge on any atom is -0.871 e. The van der Waals surface area contributed by atoms with Gasteiger partial charge in [-0.05, 0) is 133 Å². The van der Waals surface area contributed by atoms with Gasteiger partial charge in [0, 0.05) is 22.5 Å². The van der Waals surface area contributed by atoms with E-state index in [1.54, 1.807) is 24.3 Å². The number of ketones is 4. The first-order valence-electron chi connectivity index (χ1n) is 19.9.